The molecule has 8 nitrogen and oxygen atoms in total. The predicted octanol–water partition coefficient (Wildman–Crippen LogP) is 3.46. The van der Waals surface area contributed by atoms with Gasteiger partial charge >= 0.3 is 6.03 Å². The highest BCUT2D eigenvalue weighted by Crippen LogP contribution is 2.14. The van der Waals surface area contributed by atoms with Crippen LogP contribution in [0.4, 0.5) is 4.79 Å². The zero-order valence-electron chi connectivity index (χ0n) is 22.6. The second kappa shape index (κ2) is 14.1. The molecule has 3 rings (SSSR count). The fraction of sp³-hybridized carbons (Fsp3) is 0.448. The standard InChI is InChI=1S/C29H40N4O4S/c1-23(2)22-27(31-29(35)33-19-17-32(3)18-20-33)28(34)30-25(15-14-24-10-6-4-7-11-24)16-21-38(36,37)26-12-8-5-9-13-26/h4-13,16,23,27H,14-15,17-22H2,1-3H3,(H,30,34)(H,31,35)/b25-16+/t27-/m0/s1. The molecule has 2 aromatic carbocycles. The molecule has 1 heterocycles. The van der Waals surface area contributed by atoms with E-state index in [4.69, 9.17) is 0 Å². The molecule has 1 atom stereocenters. The van der Waals surface area contributed by atoms with E-state index in [0.29, 0.717) is 38.0 Å². The smallest absolute Gasteiger partial charge is 0.318 e. The third kappa shape index (κ3) is 9.29. The molecule has 0 spiro atoms. The quantitative estimate of drug-likeness (QED) is 0.455. The molecular weight excluding hydrogens is 500 g/mol. The lowest BCUT2D eigenvalue weighted by Gasteiger charge is -2.33. The number of hydrogen-bond donors (Lipinski definition) is 2. The Hall–Kier alpha value is -3.17. The van der Waals surface area contributed by atoms with Crippen LogP contribution in [0.5, 0.6) is 0 Å². The van der Waals surface area contributed by atoms with Gasteiger partial charge in [0.2, 0.25) is 5.91 Å². The molecule has 38 heavy (non-hydrogen) atoms. The van der Waals surface area contributed by atoms with Crippen molar-refractivity contribution >= 4 is 21.8 Å². The zero-order valence-corrected chi connectivity index (χ0v) is 23.4. The van der Waals surface area contributed by atoms with Gasteiger partial charge < -0.3 is 20.4 Å². The minimum Gasteiger partial charge on any atom is -0.328 e. The van der Waals surface area contributed by atoms with E-state index in [0.717, 1.165) is 18.7 Å². The number of nitrogens with zero attached hydrogens (tertiary/aromatic N) is 2. The minimum absolute atomic E-state index is 0.175. The molecule has 0 saturated carbocycles. The first kappa shape index (κ1) is 29.4. The van der Waals surface area contributed by atoms with Crippen molar-refractivity contribution in [2.45, 2.75) is 44.0 Å². The molecule has 2 aromatic rings. The van der Waals surface area contributed by atoms with Gasteiger partial charge in [0.15, 0.2) is 9.84 Å². The average Bonchev–Trinajstić information content (AvgIpc) is 2.91. The summed E-state index contributed by atoms with van der Waals surface area (Å²) in [6, 6.07) is 17.1. The molecule has 0 aliphatic carbocycles. The van der Waals surface area contributed by atoms with Crippen molar-refractivity contribution < 1.29 is 18.0 Å². The van der Waals surface area contributed by atoms with Crippen LogP contribution in [0.25, 0.3) is 0 Å². The van der Waals surface area contributed by atoms with Gasteiger partial charge in [0.25, 0.3) is 0 Å². The number of urea groups is 1. The Morgan fingerprint density at radius 1 is 0.947 bits per heavy atom. The molecule has 206 valence electrons. The van der Waals surface area contributed by atoms with E-state index in [9.17, 15) is 18.0 Å². The summed E-state index contributed by atoms with van der Waals surface area (Å²) in [7, 11) is -1.54. The highest BCUT2D eigenvalue weighted by atomic mass is 32.2. The van der Waals surface area contributed by atoms with Crippen molar-refractivity contribution in [3.63, 3.8) is 0 Å². The van der Waals surface area contributed by atoms with Crippen LogP contribution in [0.1, 0.15) is 32.3 Å². The number of allylic oxidation sites excluding steroid dienone is 1. The van der Waals surface area contributed by atoms with Crippen molar-refractivity contribution in [1.82, 2.24) is 20.4 Å². The molecule has 1 fully saturated rings. The molecule has 1 aliphatic heterocycles. The summed E-state index contributed by atoms with van der Waals surface area (Å²) in [6.45, 7) is 6.80. The van der Waals surface area contributed by atoms with Crippen LogP contribution in [0.15, 0.2) is 77.3 Å². The SMILES string of the molecule is CC(C)C[C@H](NC(=O)N1CCN(C)CC1)C(=O)N/C(=C/CS(=O)(=O)c1ccccc1)CCc1ccccc1. The van der Waals surface area contributed by atoms with E-state index in [1.54, 1.807) is 41.3 Å². The maximum atomic E-state index is 13.4. The largest absolute Gasteiger partial charge is 0.328 e. The van der Waals surface area contributed by atoms with Crippen LogP contribution < -0.4 is 10.6 Å². The third-order valence-electron chi connectivity index (χ3n) is 6.57. The first-order chi connectivity index (χ1) is 18.1. The number of carbonyl (C=O) groups is 2. The number of aryl methyl sites for hydroxylation is 1. The number of rotatable bonds is 11. The lowest BCUT2D eigenvalue weighted by atomic mass is 10.0. The van der Waals surface area contributed by atoms with Crippen molar-refractivity contribution in [2.24, 2.45) is 5.92 Å². The molecule has 0 bridgehead atoms. The highest BCUT2D eigenvalue weighted by molar-refractivity contribution is 7.91. The van der Waals surface area contributed by atoms with Crippen LogP contribution in [0, 0.1) is 5.92 Å². The van der Waals surface area contributed by atoms with E-state index < -0.39 is 15.9 Å². The third-order valence-corrected chi connectivity index (χ3v) is 8.17. The van der Waals surface area contributed by atoms with Gasteiger partial charge in [-0.15, -0.1) is 0 Å². The van der Waals surface area contributed by atoms with Crippen molar-refractivity contribution in [3.8, 4) is 0 Å². The number of benzene rings is 2. The van der Waals surface area contributed by atoms with Gasteiger partial charge in [0, 0.05) is 31.9 Å². The van der Waals surface area contributed by atoms with E-state index in [2.05, 4.69) is 15.5 Å². The van der Waals surface area contributed by atoms with E-state index in [1.165, 1.54) is 0 Å². The first-order valence-electron chi connectivity index (χ1n) is 13.2. The number of carbonyl (C=O) groups excluding carboxylic acids is 2. The minimum atomic E-state index is -3.56. The van der Waals surface area contributed by atoms with Crippen molar-refractivity contribution in [3.05, 3.63) is 78.0 Å². The van der Waals surface area contributed by atoms with Crippen molar-refractivity contribution in [1.29, 1.82) is 0 Å². The first-order valence-corrected chi connectivity index (χ1v) is 14.8. The molecule has 0 unspecified atom stereocenters. The second-order valence-electron chi connectivity index (χ2n) is 10.2. The number of amides is 3. The molecule has 1 aliphatic rings. The van der Waals surface area contributed by atoms with Gasteiger partial charge in [-0.1, -0.05) is 62.4 Å². The van der Waals surface area contributed by atoms with Crippen LogP contribution >= 0.6 is 0 Å². The number of nitrogens with one attached hydrogen (secondary N) is 2. The van der Waals surface area contributed by atoms with Gasteiger partial charge in [-0.2, -0.15) is 0 Å². The Bertz CT molecular complexity index is 1180. The Morgan fingerprint density at radius 3 is 2.16 bits per heavy atom. The maximum absolute atomic E-state index is 13.4. The number of hydrogen-bond acceptors (Lipinski definition) is 5. The molecular formula is C29H40N4O4S. The lowest BCUT2D eigenvalue weighted by molar-refractivity contribution is -0.122. The molecule has 0 radical (unpaired) electrons. The van der Waals surface area contributed by atoms with Crippen LogP contribution in [-0.2, 0) is 21.1 Å². The lowest BCUT2D eigenvalue weighted by Crippen LogP contribution is -2.55. The van der Waals surface area contributed by atoms with Crippen LogP contribution in [0.3, 0.4) is 0 Å². The Kier molecular flexibility index (Phi) is 10.9. The topological polar surface area (TPSA) is 98.8 Å². The van der Waals surface area contributed by atoms with Gasteiger partial charge in [0.05, 0.1) is 10.6 Å². The monoisotopic (exact) mass is 540 g/mol. The second-order valence-corrected chi connectivity index (χ2v) is 12.3. The molecule has 0 aromatic heterocycles. The van der Waals surface area contributed by atoms with Gasteiger partial charge in [-0.05, 0) is 56.0 Å². The van der Waals surface area contributed by atoms with E-state index in [1.807, 2.05) is 51.2 Å². The zero-order chi connectivity index (χ0) is 27.5. The Balaban J connectivity index is 1.75. The van der Waals surface area contributed by atoms with Gasteiger partial charge in [0.1, 0.15) is 6.04 Å². The number of piperazine rings is 1. The number of sulfone groups is 1. The summed E-state index contributed by atoms with van der Waals surface area (Å²) >= 11 is 0. The van der Waals surface area contributed by atoms with E-state index >= 15 is 0 Å². The Labute approximate surface area is 227 Å². The van der Waals surface area contributed by atoms with E-state index in [-0.39, 0.29) is 28.5 Å². The molecule has 1 saturated heterocycles. The fourth-order valence-corrected chi connectivity index (χ4v) is 5.46. The molecule has 3 amide bonds. The normalized spacial score (nSPS) is 15.8. The summed E-state index contributed by atoms with van der Waals surface area (Å²) in [5.74, 6) is -0.393. The summed E-state index contributed by atoms with van der Waals surface area (Å²) < 4.78 is 25.8. The predicted molar refractivity (Wildman–Crippen MR) is 150 cm³/mol. The van der Waals surface area contributed by atoms with Gasteiger partial charge in [-0.3, -0.25) is 4.79 Å². The van der Waals surface area contributed by atoms with Crippen molar-refractivity contribution in [2.75, 3.05) is 39.0 Å². The average molecular weight is 541 g/mol. The maximum Gasteiger partial charge on any atom is 0.318 e. The molecule has 9 heteroatoms. The number of likely N-dealkylation sites (N-methyl/N-ethyl adjacent to an activating group) is 1. The fourth-order valence-electron chi connectivity index (χ4n) is 4.27. The summed E-state index contributed by atoms with van der Waals surface area (Å²) in [5, 5.41) is 5.87. The van der Waals surface area contributed by atoms with Gasteiger partial charge in [-0.25, -0.2) is 13.2 Å². The van der Waals surface area contributed by atoms with Crippen LogP contribution in [0.2, 0.25) is 0 Å². The summed E-state index contributed by atoms with van der Waals surface area (Å²) in [5.41, 5.74) is 1.61. The Morgan fingerprint density at radius 2 is 1.55 bits per heavy atom. The van der Waals surface area contributed by atoms with Crippen LogP contribution in [-0.4, -0.2) is 75.2 Å². The summed E-state index contributed by atoms with van der Waals surface area (Å²) in [4.78, 5) is 30.5. The summed E-state index contributed by atoms with van der Waals surface area (Å²) in [6.07, 6.45) is 3.15. The highest BCUT2D eigenvalue weighted by Gasteiger charge is 2.27. The molecule has 2 N–H and O–H groups in total.